The molecule has 0 radical (unpaired) electrons. The lowest BCUT2D eigenvalue weighted by molar-refractivity contribution is 0.781. The molecule has 0 fully saturated rings. The van der Waals surface area contributed by atoms with Crippen LogP contribution in [0.25, 0.3) is 5.69 Å². The van der Waals surface area contributed by atoms with Crippen molar-refractivity contribution in [3.63, 3.8) is 0 Å². The van der Waals surface area contributed by atoms with Crippen molar-refractivity contribution in [2.24, 2.45) is 0 Å². The summed E-state index contributed by atoms with van der Waals surface area (Å²) in [6.45, 7) is 2.87. The number of nitrogens with one attached hydrogen (secondary N) is 1. The number of nitrogens with zero attached hydrogens (tertiary/aromatic N) is 3. The van der Waals surface area contributed by atoms with Gasteiger partial charge in [0.2, 0.25) is 0 Å². The molecule has 78 valence electrons. The first-order valence-electron chi connectivity index (χ1n) is 4.92. The lowest BCUT2D eigenvalue weighted by atomic mass is 10.2. The first-order valence-corrected chi connectivity index (χ1v) is 4.92. The highest BCUT2D eigenvalue weighted by Crippen LogP contribution is 2.10. The third-order valence-corrected chi connectivity index (χ3v) is 2.28. The molecule has 0 spiro atoms. The fourth-order valence-corrected chi connectivity index (χ4v) is 1.50. The van der Waals surface area contributed by atoms with E-state index in [-0.39, 0.29) is 0 Å². The van der Waals surface area contributed by atoms with Gasteiger partial charge in [-0.2, -0.15) is 0 Å². The van der Waals surface area contributed by atoms with Crippen LogP contribution in [0.2, 0.25) is 0 Å². The molecule has 0 atom stereocenters. The Bertz CT molecular complexity index is 430. The van der Waals surface area contributed by atoms with Gasteiger partial charge >= 0.3 is 0 Å². The molecular formula is C11H14N4. The molecule has 4 heteroatoms. The van der Waals surface area contributed by atoms with Crippen molar-refractivity contribution in [2.45, 2.75) is 13.5 Å². The van der Waals surface area contributed by atoms with E-state index in [4.69, 9.17) is 0 Å². The minimum absolute atomic E-state index is 0.886. The summed E-state index contributed by atoms with van der Waals surface area (Å²) in [7, 11) is 1.94. The van der Waals surface area contributed by atoms with E-state index in [2.05, 4.69) is 27.8 Å². The number of aryl methyl sites for hydroxylation is 1. The van der Waals surface area contributed by atoms with Crippen LogP contribution in [0.1, 0.15) is 11.3 Å². The van der Waals surface area contributed by atoms with Crippen LogP contribution in [0.5, 0.6) is 0 Å². The number of rotatable bonds is 3. The molecule has 0 aliphatic heterocycles. The molecule has 0 saturated carbocycles. The van der Waals surface area contributed by atoms with Crippen molar-refractivity contribution >= 4 is 0 Å². The van der Waals surface area contributed by atoms with Gasteiger partial charge in [0.1, 0.15) is 0 Å². The number of hydrogen-bond acceptors (Lipinski definition) is 3. The Hall–Kier alpha value is -1.68. The molecule has 0 bridgehead atoms. The molecule has 4 nitrogen and oxygen atoms in total. The molecule has 2 rings (SSSR count). The highest BCUT2D eigenvalue weighted by Gasteiger charge is 2.00. The van der Waals surface area contributed by atoms with Crippen molar-refractivity contribution in [3.05, 3.63) is 41.7 Å². The van der Waals surface area contributed by atoms with Crippen LogP contribution in [0.3, 0.4) is 0 Å². The Kier molecular flexibility index (Phi) is 2.78. The van der Waals surface area contributed by atoms with Gasteiger partial charge in [0.05, 0.1) is 17.6 Å². The summed E-state index contributed by atoms with van der Waals surface area (Å²) in [5, 5.41) is 11.0. The minimum Gasteiger partial charge on any atom is -0.316 e. The Balaban J connectivity index is 2.28. The number of benzene rings is 1. The van der Waals surface area contributed by atoms with Crippen LogP contribution in [-0.4, -0.2) is 22.0 Å². The van der Waals surface area contributed by atoms with Crippen molar-refractivity contribution in [2.75, 3.05) is 7.05 Å². The number of hydrogen-bond donors (Lipinski definition) is 1. The van der Waals surface area contributed by atoms with E-state index in [0.717, 1.165) is 17.9 Å². The average molecular weight is 202 g/mol. The van der Waals surface area contributed by atoms with Crippen LogP contribution in [0.15, 0.2) is 30.5 Å². The lowest BCUT2D eigenvalue weighted by Crippen LogP contribution is -2.05. The SMILES string of the molecule is CNCc1ccc(-n2nncc2C)cc1. The summed E-state index contributed by atoms with van der Waals surface area (Å²) in [6, 6.07) is 8.28. The molecule has 0 aliphatic carbocycles. The van der Waals surface area contributed by atoms with Crippen LogP contribution in [0, 0.1) is 6.92 Å². The summed E-state index contributed by atoms with van der Waals surface area (Å²) in [6.07, 6.45) is 1.75. The maximum Gasteiger partial charge on any atom is 0.0726 e. The molecule has 0 amide bonds. The van der Waals surface area contributed by atoms with Gasteiger partial charge in [-0.3, -0.25) is 0 Å². The molecule has 15 heavy (non-hydrogen) atoms. The Labute approximate surface area is 88.9 Å². The minimum atomic E-state index is 0.886. The van der Waals surface area contributed by atoms with Gasteiger partial charge in [-0.05, 0) is 31.7 Å². The molecule has 1 aromatic heterocycles. The van der Waals surface area contributed by atoms with Gasteiger partial charge < -0.3 is 5.32 Å². The van der Waals surface area contributed by atoms with Gasteiger partial charge in [0.15, 0.2) is 0 Å². The first-order chi connectivity index (χ1) is 7.31. The second-order valence-corrected chi connectivity index (χ2v) is 3.48. The van der Waals surface area contributed by atoms with Crippen LogP contribution in [0.4, 0.5) is 0 Å². The first kappa shape index (κ1) is 9.86. The summed E-state index contributed by atoms with van der Waals surface area (Å²) in [5.41, 5.74) is 3.35. The van der Waals surface area contributed by atoms with E-state index in [9.17, 15) is 0 Å². The van der Waals surface area contributed by atoms with E-state index in [1.54, 1.807) is 6.20 Å². The monoisotopic (exact) mass is 202 g/mol. The predicted octanol–water partition coefficient (Wildman–Crippen LogP) is 1.30. The van der Waals surface area contributed by atoms with E-state index < -0.39 is 0 Å². The van der Waals surface area contributed by atoms with Crippen molar-refractivity contribution in [1.29, 1.82) is 0 Å². The van der Waals surface area contributed by atoms with Gasteiger partial charge in [0, 0.05) is 6.54 Å². The predicted molar refractivity (Wildman–Crippen MR) is 58.9 cm³/mol. The number of aromatic nitrogens is 3. The zero-order chi connectivity index (χ0) is 10.7. The second-order valence-electron chi connectivity index (χ2n) is 3.48. The molecule has 1 heterocycles. The van der Waals surface area contributed by atoms with Gasteiger partial charge in [-0.25, -0.2) is 4.68 Å². The zero-order valence-corrected chi connectivity index (χ0v) is 8.94. The average Bonchev–Trinajstić information content (AvgIpc) is 2.66. The van der Waals surface area contributed by atoms with Crippen molar-refractivity contribution in [1.82, 2.24) is 20.3 Å². The van der Waals surface area contributed by atoms with Gasteiger partial charge in [-0.1, -0.05) is 17.3 Å². The van der Waals surface area contributed by atoms with Gasteiger partial charge in [-0.15, -0.1) is 5.10 Å². The van der Waals surface area contributed by atoms with Crippen LogP contribution < -0.4 is 5.32 Å². The Morgan fingerprint density at radius 2 is 2.00 bits per heavy atom. The van der Waals surface area contributed by atoms with E-state index in [1.807, 2.05) is 30.8 Å². The van der Waals surface area contributed by atoms with Crippen LogP contribution >= 0.6 is 0 Å². The zero-order valence-electron chi connectivity index (χ0n) is 8.94. The van der Waals surface area contributed by atoms with Crippen LogP contribution in [-0.2, 0) is 6.54 Å². The smallest absolute Gasteiger partial charge is 0.0726 e. The lowest BCUT2D eigenvalue weighted by Gasteiger charge is -2.04. The fraction of sp³-hybridized carbons (Fsp3) is 0.273. The Morgan fingerprint density at radius 1 is 1.27 bits per heavy atom. The Morgan fingerprint density at radius 3 is 2.53 bits per heavy atom. The third-order valence-electron chi connectivity index (χ3n) is 2.28. The quantitative estimate of drug-likeness (QED) is 0.815. The normalized spacial score (nSPS) is 10.5. The topological polar surface area (TPSA) is 42.7 Å². The second kappa shape index (κ2) is 4.23. The van der Waals surface area contributed by atoms with Crippen molar-refractivity contribution in [3.8, 4) is 5.69 Å². The van der Waals surface area contributed by atoms with E-state index in [0.29, 0.717) is 0 Å². The summed E-state index contributed by atoms with van der Waals surface area (Å²) in [5.74, 6) is 0. The summed E-state index contributed by atoms with van der Waals surface area (Å²) in [4.78, 5) is 0. The maximum atomic E-state index is 4.01. The third kappa shape index (κ3) is 2.05. The highest BCUT2D eigenvalue weighted by atomic mass is 15.4. The van der Waals surface area contributed by atoms with E-state index >= 15 is 0 Å². The molecular weight excluding hydrogens is 188 g/mol. The molecule has 1 N–H and O–H groups in total. The standard InChI is InChI=1S/C11H14N4/c1-9-7-13-14-15(9)11-5-3-10(4-6-11)8-12-2/h3-7,12H,8H2,1-2H3. The molecule has 2 aromatic rings. The maximum absolute atomic E-state index is 4.01. The molecule has 0 saturated heterocycles. The summed E-state index contributed by atoms with van der Waals surface area (Å²) < 4.78 is 1.82. The largest absolute Gasteiger partial charge is 0.316 e. The van der Waals surface area contributed by atoms with Gasteiger partial charge in [0.25, 0.3) is 0 Å². The molecule has 1 aromatic carbocycles. The highest BCUT2D eigenvalue weighted by molar-refractivity contribution is 5.34. The molecule has 0 unspecified atom stereocenters. The molecule has 0 aliphatic rings. The van der Waals surface area contributed by atoms with Crippen molar-refractivity contribution < 1.29 is 0 Å². The summed E-state index contributed by atoms with van der Waals surface area (Å²) >= 11 is 0. The van der Waals surface area contributed by atoms with E-state index in [1.165, 1.54) is 5.56 Å². The fourth-order valence-electron chi connectivity index (χ4n) is 1.50.